The van der Waals surface area contributed by atoms with Gasteiger partial charge in [-0.2, -0.15) is 0 Å². The van der Waals surface area contributed by atoms with Crippen molar-refractivity contribution < 1.29 is 9.90 Å². The first-order valence-electron chi connectivity index (χ1n) is 6.11. The van der Waals surface area contributed by atoms with Gasteiger partial charge in [-0.3, -0.25) is 0 Å². The van der Waals surface area contributed by atoms with E-state index in [1.807, 2.05) is 45.1 Å². The van der Waals surface area contributed by atoms with Crippen LogP contribution in [-0.2, 0) is 0 Å². The summed E-state index contributed by atoms with van der Waals surface area (Å²) >= 11 is 0. The third-order valence-electron chi connectivity index (χ3n) is 2.89. The van der Waals surface area contributed by atoms with Gasteiger partial charge in [0.25, 0.3) is 0 Å². The van der Waals surface area contributed by atoms with Gasteiger partial charge in [0, 0.05) is 13.6 Å². The number of anilines is 1. The summed E-state index contributed by atoms with van der Waals surface area (Å²) in [5.41, 5.74) is 2.24. The van der Waals surface area contributed by atoms with Gasteiger partial charge in [-0.25, -0.2) is 4.79 Å². The molecule has 0 aliphatic rings. The SMILES string of the molecule is Cc1ccc(C(=O)O)c(N(C)CCCN(C)C)c1. The van der Waals surface area contributed by atoms with Crippen LogP contribution < -0.4 is 4.90 Å². The van der Waals surface area contributed by atoms with Crippen LogP contribution in [0.3, 0.4) is 0 Å². The molecule has 0 amide bonds. The van der Waals surface area contributed by atoms with Crippen LogP contribution >= 0.6 is 0 Å². The highest BCUT2D eigenvalue weighted by atomic mass is 16.4. The Labute approximate surface area is 109 Å². The standard InChI is InChI=1S/C14H22N2O2/c1-11-6-7-12(14(17)18)13(10-11)16(4)9-5-8-15(2)3/h6-7,10H,5,8-9H2,1-4H3,(H,17,18). The second kappa shape index (κ2) is 6.40. The van der Waals surface area contributed by atoms with Crippen LogP contribution in [0, 0.1) is 6.92 Å². The van der Waals surface area contributed by atoms with E-state index in [9.17, 15) is 9.90 Å². The molecule has 1 aromatic carbocycles. The maximum absolute atomic E-state index is 11.2. The lowest BCUT2D eigenvalue weighted by Crippen LogP contribution is -2.24. The van der Waals surface area contributed by atoms with E-state index >= 15 is 0 Å². The lowest BCUT2D eigenvalue weighted by atomic mass is 10.1. The second-order valence-electron chi connectivity index (χ2n) is 4.90. The summed E-state index contributed by atoms with van der Waals surface area (Å²) in [4.78, 5) is 15.3. The Morgan fingerprint density at radius 1 is 1.22 bits per heavy atom. The number of hydrogen-bond donors (Lipinski definition) is 1. The van der Waals surface area contributed by atoms with E-state index in [1.165, 1.54) is 0 Å². The zero-order valence-electron chi connectivity index (χ0n) is 11.6. The van der Waals surface area contributed by atoms with Gasteiger partial charge in [-0.15, -0.1) is 0 Å². The molecule has 0 aromatic heterocycles. The van der Waals surface area contributed by atoms with E-state index < -0.39 is 5.97 Å². The van der Waals surface area contributed by atoms with E-state index in [0.717, 1.165) is 30.8 Å². The van der Waals surface area contributed by atoms with Gasteiger partial charge in [0.15, 0.2) is 0 Å². The Hall–Kier alpha value is -1.55. The van der Waals surface area contributed by atoms with Crippen LogP contribution in [0.25, 0.3) is 0 Å². The summed E-state index contributed by atoms with van der Waals surface area (Å²) in [5.74, 6) is -0.871. The fraction of sp³-hybridized carbons (Fsp3) is 0.500. The van der Waals surface area contributed by atoms with Crippen LogP contribution in [0.15, 0.2) is 18.2 Å². The lowest BCUT2D eigenvalue weighted by molar-refractivity contribution is 0.0697. The minimum Gasteiger partial charge on any atom is -0.478 e. The molecule has 1 N–H and O–H groups in total. The quantitative estimate of drug-likeness (QED) is 0.839. The highest BCUT2D eigenvalue weighted by molar-refractivity contribution is 5.94. The molecule has 100 valence electrons. The first-order valence-corrected chi connectivity index (χ1v) is 6.11. The lowest BCUT2D eigenvalue weighted by Gasteiger charge is -2.22. The molecule has 4 heteroatoms. The molecule has 0 fully saturated rings. The molecule has 0 spiro atoms. The molecular formula is C14H22N2O2. The Balaban J connectivity index is 2.80. The van der Waals surface area contributed by atoms with Crippen molar-refractivity contribution in [2.45, 2.75) is 13.3 Å². The minimum atomic E-state index is -0.871. The van der Waals surface area contributed by atoms with E-state index in [2.05, 4.69) is 4.90 Å². The Kier molecular flexibility index (Phi) is 5.16. The zero-order chi connectivity index (χ0) is 13.7. The van der Waals surface area contributed by atoms with Gasteiger partial charge in [-0.1, -0.05) is 6.07 Å². The maximum Gasteiger partial charge on any atom is 0.337 e. The Morgan fingerprint density at radius 3 is 2.44 bits per heavy atom. The molecule has 0 saturated heterocycles. The molecule has 18 heavy (non-hydrogen) atoms. The van der Waals surface area contributed by atoms with Gasteiger partial charge in [0.2, 0.25) is 0 Å². The normalized spacial score (nSPS) is 10.7. The zero-order valence-corrected chi connectivity index (χ0v) is 11.6. The first-order chi connectivity index (χ1) is 8.41. The van der Waals surface area contributed by atoms with E-state index in [0.29, 0.717) is 5.56 Å². The third-order valence-corrected chi connectivity index (χ3v) is 2.89. The van der Waals surface area contributed by atoms with E-state index in [4.69, 9.17) is 0 Å². The molecule has 0 unspecified atom stereocenters. The first kappa shape index (κ1) is 14.5. The molecule has 1 rings (SSSR count). The summed E-state index contributed by atoms with van der Waals surface area (Å²) in [5, 5.41) is 9.18. The van der Waals surface area contributed by atoms with Gasteiger partial charge >= 0.3 is 5.97 Å². The van der Waals surface area contributed by atoms with Crippen molar-refractivity contribution in [1.29, 1.82) is 0 Å². The van der Waals surface area contributed by atoms with Crippen molar-refractivity contribution in [2.24, 2.45) is 0 Å². The molecule has 1 aromatic rings. The predicted molar refractivity (Wildman–Crippen MR) is 74.6 cm³/mol. The fourth-order valence-corrected chi connectivity index (χ4v) is 1.88. The van der Waals surface area contributed by atoms with Crippen LogP contribution in [-0.4, -0.2) is 50.2 Å². The summed E-state index contributed by atoms with van der Waals surface area (Å²) < 4.78 is 0. The number of carbonyl (C=O) groups is 1. The second-order valence-corrected chi connectivity index (χ2v) is 4.90. The number of carboxylic acid groups (broad SMARTS) is 1. The van der Waals surface area contributed by atoms with Crippen LogP contribution in [0.2, 0.25) is 0 Å². The smallest absolute Gasteiger partial charge is 0.337 e. The Bertz CT molecular complexity index is 416. The monoisotopic (exact) mass is 250 g/mol. The van der Waals surface area contributed by atoms with Crippen LogP contribution in [0.5, 0.6) is 0 Å². The predicted octanol–water partition coefficient (Wildman–Crippen LogP) is 2.08. The average Bonchev–Trinajstić information content (AvgIpc) is 2.27. The molecular weight excluding hydrogens is 228 g/mol. The van der Waals surface area contributed by atoms with Crippen molar-refractivity contribution in [2.75, 3.05) is 39.1 Å². The highest BCUT2D eigenvalue weighted by Gasteiger charge is 2.13. The van der Waals surface area contributed by atoms with E-state index in [-0.39, 0.29) is 0 Å². The number of benzene rings is 1. The third kappa shape index (κ3) is 4.04. The number of carboxylic acids is 1. The number of hydrogen-bond acceptors (Lipinski definition) is 3. The average molecular weight is 250 g/mol. The van der Waals surface area contributed by atoms with Crippen molar-refractivity contribution in [1.82, 2.24) is 4.90 Å². The summed E-state index contributed by atoms with van der Waals surface area (Å²) in [6.45, 7) is 3.82. The largest absolute Gasteiger partial charge is 0.478 e. The van der Waals surface area contributed by atoms with E-state index in [1.54, 1.807) is 6.07 Å². The van der Waals surface area contributed by atoms with Crippen LogP contribution in [0.1, 0.15) is 22.3 Å². The number of aryl methyl sites for hydroxylation is 1. The van der Waals surface area contributed by atoms with Crippen molar-refractivity contribution in [3.8, 4) is 0 Å². The highest BCUT2D eigenvalue weighted by Crippen LogP contribution is 2.21. The molecule has 0 radical (unpaired) electrons. The Morgan fingerprint density at radius 2 is 1.89 bits per heavy atom. The fourth-order valence-electron chi connectivity index (χ4n) is 1.88. The molecule has 0 bridgehead atoms. The molecule has 4 nitrogen and oxygen atoms in total. The summed E-state index contributed by atoms with van der Waals surface area (Å²) in [7, 11) is 6.02. The minimum absolute atomic E-state index is 0.368. The van der Waals surface area contributed by atoms with Crippen molar-refractivity contribution in [3.05, 3.63) is 29.3 Å². The van der Waals surface area contributed by atoms with Gasteiger partial charge in [-0.05, 0) is 51.7 Å². The molecule has 0 atom stereocenters. The van der Waals surface area contributed by atoms with Gasteiger partial charge in [0.05, 0.1) is 11.3 Å². The number of nitrogens with zero attached hydrogens (tertiary/aromatic N) is 2. The topological polar surface area (TPSA) is 43.8 Å². The molecule has 0 saturated carbocycles. The maximum atomic E-state index is 11.2. The van der Waals surface area contributed by atoms with Gasteiger partial charge in [0.1, 0.15) is 0 Å². The van der Waals surface area contributed by atoms with Crippen molar-refractivity contribution >= 4 is 11.7 Å². The molecule has 0 heterocycles. The number of rotatable bonds is 6. The van der Waals surface area contributed by atoms with Crippen molar-refractivity contribution in [3.63, 3.8) is 0 Å². The summed E-state index contributed by atoms with van der Waals surface area (Å²) in [6, 6.07) is 5.44. The molecule has 0 aliphatic carbocycles. The molecule has 0 aliphatic heterocycles. The van der Waals surface area contributed by atoms with Gasteiger partial charge < -0.3 is 14.9 Å². The summed E-state index contributed by atoms with van der Waals surface area (Å²) in [6.07, 6.45) is 1.01. The number of aromatic carboxylic acids is 1. The van der Waals surface area contributed by atoms with Crippen LogP contribution in [0.4, 0.5) is 5.69 Å².